The molecule has 184 valence electrons. The van der Waals surface area contributed by atoms with E-state index in [-0.39, 0.29) is 0 Å². The fraction of sp³-hybridized carbons (Fsp3) is 0.0526. The molecule has 6 aromatic carbocycles. The van der Waals surface area contributed by atoms with Crippen molar-refractivity contribution in [3.05, 3.63) is 145 Å². The molecule has 0 saturated carbocycles. The Morgan fingerprint density at radius 1 is 0.487 bits per heavy atom. The van der Waals surface area contributed by atoms with Crippen molar-refractivity contribution in [3.8, 4) is 22.3 Å². The van der Waals surface area contributed by atoms with E-state index >= 15 is 0 Å². The van der Waals surface area contributed by atoms with E-state index < -0.39 is 0 Å². The molecule has 1 aromatic heterocycles. The van der Waals surface area contributed by atoms with E-state index in [9.17, 15) is 0 Å². The predicted molar refractivity (Wildman–Crippen MR) is 165 cm³/mol. The van der Waals surface area contributed by atoms with Gasteiger partial charge in [-0.15, -0.1) is 0 Å². The van der Waals surface area contributed by atoms with E-state index in [0.29, 0.717) is 5.92 Å². The van der Waals surface area contributed by atoms with Crippen LogP contribution in [0.15, 0.2) is 144 Å². The molecule has 1 aliphatic rings. The van der Waals surface area contributed by atoms with Crippen molar-refractivity contribution in [2.45, 2.75) is 12.3 Å². The molecule has 0 amide bonds. The fourth-order valence-corrected chi connectivity index (χ4v) is 6.36. The standard InChI is InChI=1S/C38H26O/c1-3-11-25(12-4-1)27-19-21-29-34-23-28(20-22-35(34)39-36(29)24-27)38-32-17-9-7-15-30(32)37(26-13-5-2-6-14-26)31-16-8-10-18-33(31)38/h1-11,13-25H,12H2. The van der Waals surface area contributed by atoms with Gasteiger partial charge in [-0.3, -0.25) is 0 Å². The van der Waals surface area contributed by atoms with E-state index in [0.717, 1.165) is 23.0 Å². The molecule has 0 saturated heterocycles. The van der Waals surface area contributed by atoms with Gasteiger partial charge >= 0.3 is 0 Å². The Morgan fingerprint density at radius 2 is 1.15 bits per heavy atom. The summed E-state index contributed by atoms with van der Waals surface area (Å²) >= 11 is 0. The second-order valence-corrected chi connectivity index (χ2v) is 10.4. The normalized spacial score (nSPS) is 15.1. The molecule has 0 N–H and O–H groups in total. The van der Waals surface area contributed by atoms with E-state index in [2.05, 4.69) is 140 Å². The van der Waals surface area contributed by atoms with Gasteiger partial charge in [0.15, 0.2) is 0 Å². The third kappa shape index (κ3) is 3.55. The Kier molecular flexibility index (Phi) is 5.03. The number of hydrogen-bond acceptors (Lipinski definition) is 1. The van der Waals surface area contributed by atoms with Gasteiger partial charge in [0.05, 0.1) is 0 Å². The van der Waals surface area contributed by atoms with Gasteiger partial charge in [0.2, 0.25) is 0 Å². The molecule has 39 heavy (non-hydrogen) atoms. The number of hydrogen-bond donors (Lipinski definition) is 0. The van der Waals surface area contributed by atoms with Crippen LogP contribution in [0.2, 0.25) is 0 Å². The molecule has 0 spiro atoms. The number of fused-ring (bicyclic) bond motifs is 5. The average molecular weight is 499 g/mol. The molecule has 0 bridgehead atoms. The topological polar surface area (TPSA) is 13.1 Å². The minimum Gasteiger partial charge on any atom is -0.456 e. The van der Waals surface area contributed by atoms with Crippen LogP contribution in [0.4, 0.5) is 0 Å². The van der Waals surface area contributed by atoms with Gasteiger partial charge in [0.25, 0.3) is 0 Å². The number of allylic oxidation sites excluding steroid dienone is 4. The number of rotatable bonds is 3. The first-order valence-corrected chi connectivity index (χ1v) is 13.6. The SMILES string of the molecule is C1=CCC(c2ccc3c(c2)oc2ccc(-c4c5ccccc5c(-c5ccccc5)c5ccccc45)cc23)C=C1. The van der Waals surface area contributed by atoms with Crippen LogP contribution >= 0.6 is 0 Å². The predicted octanol–water partition coefficient (Wildman–Crippen LogP) is 10.8. The summed E-state index contributed by atoms with van der Waals surface area (Å²) in [5.74, 6) is 0.407. The molecule has 1 nitrogen and oxygen atoms in total. The summed E-state index contributed by atoms with van der Waals surface area (Å²) < 4.78 is 6.38. The summed E-state index contributed by atoms with van der Waals surface area (Å²) in [6, 6.07) is 41.8. The maximum absolute atomic E-state index is 6.38. The van der Waals surface area contributed by atoms with Crippen LogP contribution in [-0.4, -0.2) is 0 Å². The van der Waals surface area contributed by atoms with Gasteiger partial charge in [-0.1, -0.05) is 121 Å². The first-order chi connectivity index (χ1) is 19.3. The van der Waals surface area contributed by atoms with E-state index in [1.54, 1.807) is 0 Å². The van der Waals surface area contributed by atoms with E-state index in [1.807, 2.05) is 0 Å². The monoisotopic (exact) mass is 498 g/mol. The Bertz CT molecular complexity index is 2030. The van der Waals surface area contributed by atoms with Crippen molar-refractivity contribution in [1.29, 1.82) is 0 Å². The Hall–Kier alpha value is -4.88. The molecular weight excluding hydrogens is 472 g/mol. The summed E-state index contributed by atoms with van der Waals surface area (Å²) in [5, 5.41) is 7.40. The fourth-order valence-electron chi connectivity index (χ4n) is 6.36. The molecule has 1 atom stereocenters. The molecule has 1 heteroatoms. The second-order valence-electron chi connectivity index (χ2n) is 10.4. The summed E-state index contributed by atoms with van der Waals surface area (Å²) in [4.78, 5) is 0. The van der Waals surface area contributed by atoms with Gasteiger partial charge in [-0.05, 0) is 74.0 Å². The molecule has 0 fully saturated rings. The van der Waals surface area contributed by atoms with Crippen LogP contribution in [0.5, 0.6) is 0 Å². The van der Waals surface area contributed by atoms with E-state index in [4.69, 9.17) is 4.42 Å². The highest BCUT2D eigenvalue weighted by atomic mass is 16.3. The number of benzene rings is 6. The van der Waals surface area contributed by atoms with Crippen LogP contribution in [0.1, 0.15) is 17.9 Å². The highest BCUT2D eigenvalue weighted by Gasteiger charge is 2.18. The quantitative estimate of drug-likeness (QED) is 0.221. The van der Waals surface area contributed by atoms with Gasteiger partial charge in [0.1, 0.15) is 11.2 Å². The molecular formula is C38H26O. The third-order valence-corrected chi connectivity index (χ3v) is 8.19. The lowest BCUT2D eigenvalue weighted by atomic mass is 9.86. The minimum absolute atomic E-state index is 0.407. The van der Waals surface area contributed by atoms with Gasteiger partial charge in [-0.2, -0.15) is 0 Å². The lowest BCUT2D eigenvalue weighted by molar-refractivity contribution is 0.667. The molecule has 8 rings (SSSR count). The van der Waals surface area contributed by atoms with Gasteiger partial charge < -0.3 is 4.42 Å². The van der Waals surface area contributed by atoms with Gasteiger partial charge in [-0.25, -0.2) is 0 Å². The van der Waals surface area contributed by atoms with Crippen molar-refractivity contribution >= 4 is 43.5 Å². The number of furan rings is 1. The van der Waals surface area contributed by atoms with Crippen molar-refractivity contribution in [2.24, 2.45) is 0 Å². The molecule has 1 aliphatic carbocycles. The van der Waals surface area contributed by atoms with Crippen molar-refractivity contribution in [2.75, 3.05) is 0 Å². The largest absolute Gasteiger partial charge is 0.456 e. The van der Waals surface area contributed by atoms with Crippen molar-refractivity contribution < 1.29 is 4.42 Å². The first kappa shape index (κ1) is 22.1. The summed E-state index contributed by atoms with van der Waals surface area (Å²) in [6.45, 7) is 0. The average Bonchev–Trinajstić information content (AvgIpc) is 3.38. The summed E-state index contributed by atoms with van der Waals surface area (Å²) in [7, 11) is 0. The molecule has 7 aromatic rings. The molecule has 1 unspecified atom stereocenters. The van der Waals surface area contributed by atoms with Crippen molar-refractivity contribution in [3.63, 3.8) is 0 Å². The lowest BCUT2D eigenvalue weighted by Gasteiger charge is -2.17. The Morgan fingerprint density at radius 3 is 1.82 bits per heavy atom. The highest BCUT2D eigenvalue weighted by molar-refractivity contribution is 6.22. The smallest absolute Gasteiger partial charge is 0.135 e. The van der Waals surface area contributed by atoms with E-state index in [1.165, 1.54) is 54.7 Å². The van der Waals surface area contributed by atoms with Crippen LogP contribution in [0, 0.1) is 0 Å². The van der Waals surface area contributed by atoms with Crippen LogP contribution in [0.25, 0.3) is 65.7 Å². The van der Waals surface area contributed by atoms with Crippen LogP contribution < -0.4 is 0 Å². The zero-order chi connectivity index (χ0) is 25.8. The third-order valence-electron chi connectivity index (χ3n) is 8.19. The van der Waals surface area contributed by atoms with Gasteiger partial charge in [0, 0.05) is 16.7 Å². The minimum atomic E-state index is 0.407. The summed E-state index contributed by atoms with van der Waals surface area (Å²) in [5.41, 5.74) is 8.20. The summed E-state index contributed by atoms with van der Waals surface area (Å²) in [6.07, 6.45) is 9.80. The Labute approximate surface area is 227 Å². The van der Waals surface area contributed by atoms with Crippen LogP contribution in [-0.2, 0) is 0 Å². The van der Waals surface area contributed by atoms with Crippen LogP contribution in [0.3, 0.4) is 0 Å². The second kappa shape index (κ2) is 8.85. The molecule has 0 radical (unpaired) electrons. The maximum atomic E-state index is 6.38. The lowest BCUT2D eigenvalue weighted by Crippen LogP contribution is -1.95. The maximum Gasteiger partial charge on any atom is 0.135 e. The molecule has 0 aliphatic heterocycles. The Balaban J connectivity index is 1.38. The zero-order valence-electron chi connectivity index (χ0n) is 21.5. The van der Waals surface area contributed by atoms with Crippen molar-refractivity contribution in [1.82, 2.24) is 0 Å². The highest BCUT2D eigenvalue weighted by Crippen LogP contribution is 2.44. The molecule has 1 heterocycles. The zero-order valence-corrected chi connectivity index (χ0v) is 21.5. The first-order valence-electron chi connectivity index (χ1n) is 13.6.